The summed E-state index contributed by atoms with van der Waals surface area (Å²) in [5.41, 5.74) is 2.13. The van der Waals surface area contributed by atoms with Gasteiger partial charge >= 0.3 is 0 Å². The second-order valence-electron chi connectivity index (χ2n) is 6.80. The number of aromatic nitrogens is 2. The van der Waals surface area contributed by atoms with Crippen LogP contribution in [0, 0.1) is 0 Å². The van der Waals surface area contributed by atoms with Crippen LogP contribution in [0.15, 0.2) is 64.1 Å². The molecule has 0 fully saturated rings. The van der Waals surface area contributed by atoms with E-state index in [2.05, 4.69) is 14.9 Å². The number of sulfonamides is 1. The van der Waals surface area contributed by atoms with Gasteiger partial charge in [-0.2, -0.15) is 0 Å². The van der Waals surface area contributed by atoms with E-state index in [0.29, 0.717) is 23.1 Å². The first-order valence-corrected chi connectivity index (χ1v) is 11.0. The normalized spacial score (nSPS) is 11.3. The molecule has 2 aromatic heterocycles. The van der Waals surface area contributed by atoms with Crippen molar-refractivity contribution in [3.8, 4) is 17.2 Å². The predicted molar refractivity (Wildman–Crippen MR) is 118 cm³/mol. The molecule has 10 heteroatoms. The van der Waals surface area contributed by atoms with Crippen LogP contribution in [-0.4, -0.2) is 39.9 Å². The largest absolute Gasteiger partial charge is 0.496 e. The molecule has 0 amide bonds. The van der Waals surface area contributed by atoms with Crippen LogP contribution in [0.3, 0.4) is 0 Å². The van der Waals surface area contributed by atoms with E-state index >= 15 is 0 Å². The molecule has 0 atom stereocenters. The molecule has 4 rings (SSSR count). The summed E-state index contributed by atoms with van der Waals surface area (Å²) < 4.78 is 50.3. The summed E-state index contributed by atoms with van der Waals surface area (Å²) >= 11 is 0. The molecule has 166 valence electrons. The van der Waals surface area contributed by atoms with Gasteiger partial charge in [-0.05, 0) is 42.0 Å². The van der Waals surface area contributed by atoms with Crippen molar-refractivity contribution < 1.29 is 27.2 Å². The number of ether oxygens (including phenoxy) is 3. The number of benzene rings is 2. The Morgan fingerprint density at radius 2 is 1.66 bits per heavy atom. The number of methoxy groups -OCH3 is 3. The number of pyridine rings is 1. The smallest absolute Gasteiger partial charge is 0.270 e. The van der Waals surface area contributed by atoms with Gasteiger partial charge in [0.25, 0.3) is 10.0 Å². The van der Waals surface area contributed by atoms with Crippen molar-refractivity contribution in [2.75, 3.05) is 26.1 Å². The van der Waals surface area contributed by atoms with Crippen molar-refractivity contribution in [3.63, 3.8) is 0 Å². The van der Waals surface area contributed by atoms with E-state index in [9.17, 15) is 8.42 Å². The van der Waals surface area contributed by atoms with Crippen molar-refractivity contribution in [2.45, 2.75) is 11.3 Å². The Hall–Kier alpha value is -3.79. The Kier molecular flexibility index (Phi) is 5.87. The van der Waals surface area contributed by atoms with Crippen molar-refractivity contribution in [3.05, 3.63) is 66.0 Å². The maximum absolute atomic E-state index is 13.2. The second-order valence-corrected chi connectivity index (χ2v) is 8.42. The van der Waals surface area contributed by atoms with E-state index in [1.807, 2.05) is 18.2 Å². The summed E-state index contributed by atoms with van der Waals surface area (Å²) in [6.07, 6.45) is 2.27. The van der Waals surface area contributed by atoms with Crippen LogP contribution in [0.25, 0.3) is 11.0 Å². The number of nitrogens with one attached hydrogen (secondary N) is 1. The number of nitrogens with zero attached hydrogens (tertiary/aromatic N) is 2. The lowest BCUT2D eigenvalue weighted by molar-refractivity contribution is 0.373. The average Bonchev–Trinajstić information content (AvgIpc) is 3.20. The molecule has 0 aliphatic carbocycles. The van der Waals surface area contributed by atoms with Gasteiger partial charge in [0.15, 0.2) is 16.3 Å². The minimum atomic E-state index is -4.13. The van der Waals surface area contributed by atoms with Crippen LogP contribution in [0.5, 0.6) is 17.2 Å². The van der Waals surface area contributed by atoms with E-state index in [4.69, 9.17) is 18.7 Å². The van der Waals surface area contributed by atoms with Crippen molar-refractivity contribution >= 4 is 26.8 Å². The number of hydrogen-bond donors (Lipinski definition) is 1. The monoisotopic (exact) mass is 455 g/mol. The van der Waals surface area contributed by atoms with E-state index < -0.39 is 10.0 Å². The summed E-state index contributed by atoms with van der Waals surface area (Å²) in [6, 6.07) is 13.9. The van der Waals surface area contributed by atoms with E-state index in [0.717, 1.165) is 11.3 Å². The third-order valence-electron chi connectivity index (χ3n) is 4.81. The SMILES string of the molecule is COc1cccc(OC)c1S(=O)(=O)Nc1noc2cc(Cc3ccccn3)cc(OC)c12. The van der Waals surface area contributed by atoms with Crippen LogP contribution in [0.1, 0.15) is 11.3 Å². The Bertz CT molecular complexity index is 1330. The zero-order chi connectivity index (χ0) is 22.7. The topological polar surface area (TPSA) is 113 Å². The van der Waals surface area contributed by atoms with Crippen molar-refractivity contribution in [1.29, 1.82) is 0 Å². The van der Waals surface area contributed by atoms with Crippen LogP contribution in [0.2, 0.25) is 0 Å². The van der Waals surface area contributed by atoms with Gasteiger partial charge in [0, 0.05) is 18.3 Å². The van der Waals surface area contributed by atoms with E-state index in [1.165, 1.54) is 33.5 Å². The Labute approximate surface area is 185 Å². The minimum Gasteiger partial charge on any atom is -0.496 e. The molecule has 0 bridgehead atoms. The average molecular weight is 455 g/mol. The van der Waals surface area contributed by atoms with Crippen LogP contribution in [-0.2, 0) is 16.4 Å². The molecule has 0 unspecified atom stereocenters. The Balaban J connectivity index is 1.75. The van der Waals surface area contributed by atoms with Crippen LogP contribution >= 0.6 is 0 Å². The fourth-order valence-corrected chi connectivity index (χ4v) is 4.72. The number of hydrogen-bond acceptors (Lipinski definition) is 8. The van der Waals surface area contributed by atoms with E-state index in [1.54, 1.807) is 24.4 Å². The molecule has 1 N–H and O–H groups in total. The molecular weight excluding hydrogens is 434 g/mol. The first-order chi connectivity index (χ1) is 15.5. The van der Waals surface area contributed by atoms with Crippen LogP contribution < -0.4 is 18.9 Å². The summed E-state index contributed by atoms with van der Waals surface area (Å²) in [5.74, 6) is 0.678. The van der Waals surface area contributed by atoms with Gasteiger partial charge in [0.1, 0.15) is 22.6 Å². The molecule has 2 heterocycles. The minimum absolute atomic E-state index is 0.00537. The molecule has 0 radical (unpaired) electrons. The first-order valence-electron chi connectivity index (χ1n) is 9.57. The summed E-state index contributed by atoms with van der Waals surface area (Å²) in [5, 5.41) is 4.33. The summed E-state index contributed by atoms with van der Waals surface area (Å²) in [4.78, 5) is 4.18. The highest BCUT2D eigenvalue weighted by Gasteiger charge is 2.28. The highest BCUT2D eigenvalue weighted by Crippen LogP contribution is 2.38. The zero-order valence-electron chi connectivity index (χ0n) is 17.7. The molecule has 0 saturated heterocycles. The number of fused-ring (bicyclic) bond motifs is 1. The third kappa shape index (κ3) is 4.04. The number of rotatable bonds is 8. The standard InChI is InChI=1S/C22H21N3O6S/c1-28-16-8-6-9-17(29-2)21(16)32(26,27)25-22-20-18(30-3)12-14(13-19(20)31-24-22)11-15-7-4-5-10-23-15/h4-10,12-13H,11H2,1-3H3,(H,24,25). The lowest BCUT2D eigenvalue weighted by Gasteiger charge is -2.14. The molecule has 0 aliphatic heterocycles. The molecule has 9 nitrogen and oxygen atoms in total. The van der Waals surface area contributed by atoms with Crippen molar-refractivity contribution in [2.24, 2.45) is 0 Å². The van der Waals surface area contributed by atoms with Gasteiger partial charge in [-0.1, -0.05) is 17.3 Å². The van der Waals surface area contributed by atoms with Gasteiger partial charge in [-0.25, -0.2) is 8.42 Å². The fourth-order valence-electron chi connectivity index (χ4n) is 3.39. The van der Waals surface area contributed by atoms with E-state index in [-0.39, 0.29) is 22.2 Å². The van der Waals surface area contributed by atoms with Gasteiger partial charge in [0.05, 0.1) is 21.3 Å². The predicted octanol–water partition coefficient (Wildman–Crippen LogP) is 3.64. The molecule has 32 heavy (non-hydrogen) atoms. The van der Waals surface area contributed by atoms with Gasteiger partial charge in [-0.15, -0.1) is 0 Å². The van der Waals surface area contributed by atoms with Gasteiger partial charge in [-0.3, -0.25) is 9.71 Å². The Morgan fingerprint density at radius 1 is 0.938 bits per heavy atom. The lowest BCUT2D eigenvalue weighted by Crippen LogP contribution is -2.15. The zero-order valence-corrected chi connectivity index (χ0v) is 18.5. The fraction of sp³-hybridized carbons (Fsp3) is 0.182. The first kappa shape index (κ1) is 21.4. The Morgan fingerprint density at radius 3 is 2.28 bits per heavy atom. The summed E-state index contributed by atoms with van der Waals surface area (Å²) in [7, 11) is 0.123. The lowest BCUT2D eigenvalue weighted by atomic mass is 10.1. The molecular formula is C22H21N3O6S. The second kappa shape index (κ2) is 8.75. The summed E-state index contributed by atoms with van der Waals surface area (Å²) in [6.45, 7) is 0. The van der Waals surface area contributed by atoms with Gasteiger partial charge in [0.2, 0.25) is 0 Å². The maximum atomic E-state index is 13.2. The third-order valence-corrected chi connectivity index (χ3v) is 6.21. The molecule has 0 aliphatic rings. The highest BCUT2D eigenvalue weighted by atomic mass is 32.2. The van der Waals surface area contributed by atoms with Gasteiger partial charge < -0.3 is 18.7 Å². The molecule has 0 spiro atoms. The molecule has 0 saturated carbocycles. The molecule has 2 aromatic carbocycles. The highest BCUT2D eigenvalue weighted by molar-refractivity contribution is 7.93. The van der Waals surface area contributed by atoms with Crippen molar-refractivity contribution in [1.82, 2.24) is 10.1 Å². The maximum Gasteiger partial charge on any atom is 0.270 e. The molecule has 4 aromatic rings. The quantitative estimate of drug-likeness (QED) is 0.428. The van der Waals surface area contributed by atoms with Crippen LogP contribution in [0.4, 0.5) is 5.82 Å². The number of anilines is 1.